The van der Waals surface area contributed by atoms with Gasteiger partial charge in [-0.05, 0) is 73.9 Å². The molecule has 0 bridgehead atoms. The van der Waals surface area contributed by atoms with Crippen LogP contribution >= 0.6 is 0 Å². The summed E-state index contributed by atoms with van der Waals surface area (Å²) in [6.07, 6.45) is 6.65. The van der Waals surface area contributed by atoms with E-state index in [1.165, 1.54) is 24.9 Å². The average Bonchev–Trinajstić information content (AvgIpc) is 3.62. The minimum atomic E-state index is -3.43. The van der Waals surface area contributed by atoms with E-state index in [0.717, 1.165) is 37.1 Å². The lowest BCUT2D eigenvalue weighted by Crippen LogP contribution is -2.29. The summed E-state index contributed by atoms with van der Waals surface area (Å²) in [6.45, 7) is 2.84. The van der Waals surface area contributed by atoms with Gasteiger partial charge in [0.25, 0.3) is 0 Å². The molecule has 1 saturated heterocycles. The number of nitrogens with one attached hydrogen (secondary N) is 1. The molecule has 1 aliphatic carbocycles. The Labute approximate surface area is 191 Å². The second kappa shape index (κ2) is 10.0. The Morgan fingerprint density at radius 1 is 0.969 bits per heavy atom. The Morgan fingerprint density at radius 3 is 2.22 bits per heavy atom. The maximum Gasteiger partial charge on any atom is 0.240 e. The van der Waals surface area contributed by atoms with Crippen molar-refractivity contribution in [1.82, 2.24) is 9.62 Å². The topological polar surface area (TPSA) is 69.7 Å². The Hall–Kier alpha value is -2.38. The Balaban J connectivity index is 1.25. The van der Waals surface area contributed by atoms with Crippen molar-refractivity contribution < 1.29 is 13.2 Å². The van der Waals surface area contributed by atoms with Crippen LogP contribution in [0.4, 0.5) is 5.69 Å². The summed E-state index contributed by atoms with van der Waals surface area (Å²) < 4.78 is 27.2. The Morgan fingerprint density at radius 2 is 1.59 bits per heavy atom. The molecule has 2 aliphatic rings. The summed E-state index contributed by atoms with van der Waals surface area (Å²) in [7, 11) is -1.60. The SMILES string of the molecule is CN(Cc1ccc(N2CCCCC2)cc1)C(=O)CCc1ccc(S(=O)(=O)NC2CC2)cc1. The van der Waals surface area contributed by atoms with E-state index in [1.54, 1.807) is 29.2 Å². The highest BCUT2D eigenvalue weighted by atomic mass is 32.2. The van der Waals surface area contributed by atoms with Crippen LogP contribution in [0.1, 0.15) is 49.7 Å². The second-order valence-electron chi connectivity index (χ2n) is 9.00. The van der Waals surface area contributed by atoms with Gasteiger partial charge in [0.2, 0.25) is 15.9 Å². The van der Waals surface area contributed by atoms with Gasteiger partial charge in [0, 0.05) is 44.8 Å². The molecule has 2 fully saturated rings. The number of nitrogens with zero attached hydrogens (tertiary/aromatic N) is 2. The molecule has 6 nitrogen and oxygen atoms in total. The van der Waals surface area contributed by atoms with Gasteiger partial charge >= 0.3 is 0 Å². The van der Waals surface area contributed by atoms with Gasteiger partial charge in [-0.2, -0.15) is 0 Å². The molecule has 1 aliphatic heterocycles. The monoisotopic (exact) mass is 455 g/mol. The van der Waals surface area contributed by atoms with Gasteiger partial charge in [-0.1, -0.05) is 24.3 Å². The summed E-state index contributed by atoms with van der Waals surface area (Å²) in [5, 5.41) is 0. The normalized spacial score (nSPS) is 16.7. The molecule has 1 amide bonds. The van der Waals surface area contributed by atoms with Crippen molar-refractivity contribution >= 4 is 21.6 Å². The van der Waals surface area contributed by atoms with Crippen LogP contribution in [0.15, 0.2) is 53.4 Å². The third kappa shape index (κ3) is 6.11. The van der Waals surface area contributed by atoms with Gasteiger partial charge in [0.1, 0.15) is 0 Å². The molecule has 0 aromatic heterocycles. The van der Waals surface area contributed by atoms with E-state index >= 15 is 0 Å². The van der Waals surface area contributed by atoms with Crippen molar-refractivity contribution in [3.8, 4) is 0 Å². The molecule has 0 spiro atoms. The standard InChI is InChI=1S/C25H33N3O3S/c1-27(19-21-5-12-23(13-6-21)28-17-3-2-4-18-28)25(29)16-9-20-7-14-24(15-8-20)32(30,31)26-22-10-11-22/h5-8,12-15,22,26H,2-4,9-11,16-19H2,1H3. The first-order valence-corrected chi connectivity index (χ1v) is 13.1. The third-order valence-electron chi connectivity index (χ3n) is 6.26. The lowest BCUT2D eigenvalue weighted by Gasteiger charge is -2.29. The molecule has 0 unspecified atom stereocenters. The van der Waals surface area contributed by atoms with Gasteiger partial charge in [0.15, 0.2) is 0 Å². The number of sulfonamides is 1. The third-order valence-corrected chi connectivity index (χ3v) is 7.80. The molecule has 0 radical (unpaired) electrons. The number of anilines is 1. The van der Waals surface area contributed by atoms with Gasteiger partial charge in [0.05, 0.1) is 4.90 Å². The number of carbonyl (C=O) groups excluding carboxylic acids is 1. The van der Waals surface area contributed by atoms with Crippen LogP contribution < -0.4 is 9.62 Å². The van der Waals surface area contributed by atoms with Crippen molar-refractivity contribution in [3.05, 3.63) is 59.7 Å². The van der Waals surface area contributed by atoms with Gasteiger partial charge in [-0.15, -0.1) is 0 Å². The van der Waals surface area contributed by atoms with E-state index < -0.39 is 10.0 Å². The second-order valence-corrected chi connectivity index (χ2v) is 10.7. The molecule has 2 aromatic carbocycles. The van der Waals surface area contributed by atoms with Crippen molar-refractivity contribution in [3.63, 3.8) is 0 Å². The van der Waals surface area contributed by atoms with Gasteiger partial charge in [-0.3, -0.25) is 4.79 Å². The quantitative estimate of drug-likeness (QED) is 0.626. The van der Waals surface area contributed by atoms with E-state index in [4.69, 9.17) is 0 Å². The summed E-state index contributed by atoms with van der Waals surface area (Å²) in [6, 6.07) is 15.5. The van der Waals surface area contributed by atoms with Crippen LogP contribution in [0.5, 0.6) is 0 Å². The first-order valence-electron chi connectivity index (χ1n) is 11.6. The van der Waals surface area contributed by atoms with Gasteiger partial charge in [-0.25, -0.2) is 13.1 Å². The van der Waals surface area contributed by atoms with Crippen LogP contribution in [-0.4, -0.2) is 45.4 Å². The summed E-state index contributed by atoms with van der Waals surface area (Å²) in [5.74, 6) is 0.0807. The number of hydrogen-bond acceptors (Lipinski definition) is 4. The minimum absolute atomic E-state index is 0.0807. The first kappa shape index (κ1) is 22.8. The number of rotatable bonds is 9. The predicted molar refractivity (Wildman–Crippen MR) is 127 cm³/mol. The summed E-state index contributed by atoms with van der Waals surface area (Å²) >= 11 is 0. The fraction of sp³-hybridized carbons (Fsp3) is 0.480. The summed E-state index contributed by atoms with van der Waals surface area (Å²) in [5.41, 5.74) is 3.35. The zero-order valence-corrected chi connectivity index (χ0v) is 19.6. The molecule has 1 N–H and O–H groups in total. The number of piperidine rings is 1. The van der Waals surface area contributed by atoms with E-state index in [0.29, 0.717) is 19.4 Å². The van der Waals surface area contributed by atoms with Crippen LogP contribution in [-0.2, 0) is 27.8 Å². The van der Waals surface area contributed by atoms with E-state index in [9.17, 15) is 13.2 Å². The van der Waals surface area contributed by atoms with Crippen molar-refractivity contribution in [2.45, 2.75) is 62.4 Å². The van der Waals surface area contributed by atoms with Gasteiger partial charge < -0.3 is 9.80 Å². The first-order chi connectivity index (χ1) is 15.4. The molecule has 0 atom stereocenters. The highest BCUT2D eigenvalue weighted by Gasteiger charge is 2.27. The molecule has 1 saturated carbocycles. The smallest absolute Gasteiger partial charge is 0.240 e. The largest absolute Gasteiger partial charge is 0.372 e. The zero-order chi connectivity index (χ0) is 22.6. The Bertz CT molecular complexity index is 1010. The van der Waals surface area contributed by atoms with Crippen molar-refractivity contribution in [2.24, 2.45) is 0 Å². The molecule has 32 heavy (non-hydrogen) atoms. The van der Waals surface area contributed by atoms with Crippen LogP contribution in [0.3, 0.4) is 0 Å². The minimum Gasteiger partial charge on any atom is -0.372 e. The number of carbonyl (C=O) groups is 1. The highest BCUT2D eigenvalue weighted by molar-refractivity contribution is 7.89. The molecule has 7 heteroatoms. The van der Waals surface area contributed by atoms with Crippen LogP contribution in [0.25, 0.3) is 0 Å². The van der Waals surface area contributed by atoms with E-state index in [1.807, 2.05) is 7.05 Å². The molecule has 2 aromatic rings. The molecule has 4 rings (SSSR count). The lowest BCUT2D eigenvalue weighted by molar-refractivity contribution is -0.130. The number of aryl methyl sites for hydroxylation is 1. The molecular weight excluding hydrogens is 422 g/mol. The van der Waals surface area contributed by atoms with Crippen LogP contribution in [0.2, 0.25) is 0 Å². The number of benzene rings is 2. The number of amides is 1. The van der Waals surface area contributed by atoms with Crippen molar-refractivity contribution in [1.29, 1.82) is 0 Å². The highest BCUT2D eigenvalue weighted by Crippen LogP contribution is 2.23. The molecule has 172 valence electrons. The van der Waals surface area contributed by atoms with E-state index in [2.05, 4.69) is 33.9 Å². The van der Waals surface area contributed by atoms with Crippen molar-refractivity contribution in [2.75, 3.05) is 25.0 Å². The summed E-state index contributed by atoms with van der Waals surface area (Å²) in [4.78, 5) is 17.1. The fourth-order valence-electron chi connectivity index (χ4n) is 4.09. The zero-order valence-electron chi connectivity index (χ0n) is 18.8. The maximum atomic E-state index is 12.6. The fourth-order valence-corrected chi connectivity index (χ4v) is 5.40. The molecular formula is C25H33N3O3S. The lowest BCUT2D eigenvalue weighted by atomic mass is 10.1. The molecule has 1 heterocycles. The average molecular weight is 456 g/mol. The Kier molecular flexibility index (Phi) is 7.16. The number of hydrogen-bond donors (Lipinski definition) is 1. The predicted octanol–water partition coefficient (Wildman–Crippen LogP) is 3.71. The maximum absolute atomic E-state index is 12.6. The van der Waals surface area contributed by atoms with E-state index in [-0.39, 0.29) is 16.8 Å². The van der Waals surface area contributed by atoms with Crippen LogP contribution in [0, 0.1) is 0 Å².